The largest absolute Gasteiger partial charge is 0.337 e. The first kappa shape index (κ1) is 12.3. The average Bonchev–Trinajstić information content (AvgIpc) is 2.75. The van der Waals surface area contributed by atoms with Gasteiger partial charge in [-0.2, -0.15) is 11.3 Å². The molecule has 2 rings (SSSR count). The van der Waals surface area contributed by atoms with Gasteiger partial charge in [0.15, 0.2) is 0 Å². The Bertz CT molecular complexity index is 438. The molecule has 0 saturated carbocycles. The van der Waals surface area contributed by atoms with E-state index in [1.807, 2.05) is 29.5 Å². The van der Waals surface area contributed by atoms with Crippen LogP contribution in [0, 0.1) is 12.8 Å². The Balaban J connectivity index is 2.11. The van der Waals surface area contributed by atoms with Gasteiger partial charge in [-0.25, -0.2) is 0 Å². The second-order valence-corrected chi connectivity index (χ2v) is 5.28. The number of thiophene rings is 1. The lowest BCUT2D eigenvalue weighted by atomic mass is 9.93. The van der Waals surface area contributed by atoms with Gasteiger partial charge in [-0.3, -0.25) is 9.59 Å². The van der Waals surface area contributed by atoms with E-state index >= 15 is 0 Å². The summed E-state index contributed by atoms with van der Waals surface area (Å²) in [6.45, 7) is 5.12. The second kappa shape index (κ2) is 5.00. The minimum atomic E-state index is 0.0339. The van der Waals surface area contributed by atoms with Crippen molar-refractivity contribution >= 4 is 23.0 Å². The number of hydrogen-bond acceptors (Lipinski definition) is 3. The molecular formula is C13H17NO2S. The fourth-order valence-electron chi connectivity index (χ4n) is 2.20. The molecule has 4 heteroatoms. The summed E-state index contributed by atoms with van der Waals surface area (Å²) < 4.78 is 0. The number of aryl methyl sites for hydroxylation is 1. The van der Waals surface area contributed by atoms with E-state index < -0.39 is 0 Å². The maximum Gasteiger partial charge on any atom is 0.255 e. The van der Waals surface area contributed by atoms with Gasteiger partial charge in [0.1, 0.15) is 5.78 Å². The molecule has 1 aliphatic rings. The van der Waals surface area contributed by atoms with Crippen molar-refractivity contribution in [3.63, 3.8) is 0 Å². The van der Waals surface area contributed by atoms with Gasteiger partial charge in [0.05, 0.1) is 5.56 Å². The Hall–Kier alpha value is -1.16. The summed E-state index contributed by atoms with van der Waals surface area (Å²) in [5, 5.41) is 3.88. The summed E-state index contributed by atoms with van der Waals surface area (Å²) in [4.78, 5) is 25.7. The van der Waals surface area contributed by atoms with Crippen molar-refractivity contribution in [2.24, 2.45) is 5.92 Å². The van der Waals surface area contributed by atoms with Crippen LogP contribution >= 0.6 is 11.3 Å². The highest BCUT2D eigenvalue weighted by Gasteiger charge is 2.29. The fraction of sp³-hybridized carbons (Fsp3) is 0.538. The normalized spacial score (nSPS) is 20.7. The molecule has 1 aromatic rings. The Kier molecular flexibility index (Phi) is 3.62. The van der Waals surface area contributed by atoms with Gasteiger partial charge in [-0.15, -0.1) is 0 Å². The number of Topliss-reactive ketones (excluding diaryl/α,β-unsaturated/α-hetero) is 1. The summed E-state index contributed by atoms with van der Waals surface area (Å²) in [5.41, 5.74) is 1.82. The van der Waals surface area contributed by atoms with E-state index in [4.69, 9.17) is 0 Å². The van der Waals surface area contributed by atoms with Crippen LogP contribution in [-0.4, -0.2) is 29.7 Å². The highest BCUT2D eigenvalue weighted by Crippen LogP contribution is 2.21. The SMILES string of the molecule is CCC1CN(C(=O)c2cscc2C)CCC1=O. The molecule has 0 bridgehead atoms. The number of likely N-dealkylation sites (tertiary alicyclic amines) is 1. The smallest absolute Gasteiger partial charge is 0.255 e. The van der Waals surface area contributed by atoms with E-state index in [1.165, 1.54) is 0 Å². The third kappa shape index (κ3) is 2.41. The summed E-state index contributed by atoms with van der Waals surface area (Å²) in [5.74, 6) is 0.417. The summed E-state index contributed by atoms with van der Waals surface area (Å²) in [6, 6.07) is 0. The molecule has 1 atom stereocenters. The minimum absolute atomic E-state index is 0.0339. The summed E-state index contributed by atoms with van der Waals surface area (Å²) in [6.07, 6.45) is 1.33. The topological polar surface area (TPSA) is 37.4 Å². The van der Waals surface area contributed by atoms with Crippen LogP contribution in [0.2, 0.25) is 0 Å². The van der Waals surface area contributed by atoms with Gasteiger partial charge >= 0.3 is 0 Å². The molecular weight excluding hydrogens is 234 g/mol. The minimum Gasteiger partial charge on any atom is -0.337 e. The molecule has 92 valence electrons. The molecule has 0 spiro atoms. The number of amides is 1. The molecule has 17 heavy (non-hydrogen) atoms. The molecule has 1 aliphatic heterocycles. The predicted molar refractivity (Wildman–Crippen MR) is 68.4 cm³/mol. The van der Waals surface area contributed by atoms with Crippen LogP contribution < -0.4 is 0 Å². The molecule has 3 nitrogen and oxygen atoms in total. The van der Waals surface area contributed by atoms with Crippen molar-refractivity contribution in [2.75, 3.05) is 13.1 Å². The predicted octanol–water partition coefficient (Wildman–Crippen LogP) is 2.50. The van der Waals surface area contributed by atoms with E-state index in [0.29, 0.717) is 25.3 Å². The molecule has 1 amide bonds. The van der Waals surface area contributed by atoms with Gasteiger partial charge in [0, 0.05) is 30.8 Å². The van der Waals surface area contributed by atoms with Gasteiger partial charge < -0.3 is 4.90 Å². The van der Waals surface area contributed by atoms with Crippen LogP contribution in [0.5, 0.6) is 0 Å². The average molecular weight is 251 g/mol. The lowest BCUT2D eigenvalue weighted by Gasteiger charge is -2.31. The van der Waals surface area contributed by atoms with Crippen LogP contribution in [0.15, 0.2) is 10.8 Å². The maximum atomic E-state index is 12.3. The Labute approximate surface area is 105 Å². The van der Waals surface area contributed by atoms with Crippen LogP contribution in [0.1, 0.15) is 35.7 Å². The fourth-order valence-corrected chi connectivity index (χ4v) is 3.02. The van der Waals surface area contributed by atoms with Crippen molar-refractivity contribution in [1.82, 2.24) is 4.90 Å². The van der Waals surface area contributed by atoms with Gasteiger partial charge in [-0.1, -0.05) is 6.92 Å². The van der Waals surface area contributed by atoms with Crippen LogP contribution in [0.3, 0.4) is 0 Å². The first-order chi connectivity index (χ1) is 8.13. The number of piperidine rings is 1. The van der Waals surface area contributed by atoms with Gasteiger partial charge in [0.2, 0.25) is 0 Å². The number of rotatable bonds is 2. The van der Waals surface area contributed by atoms with Crippen LogP contribution in [0.4, 0.5) is 0 Å². The van der Waals surface area contributed by atoms with E-state index in [9.17, 15) is 9.59 Å². The highest BCUT2D eigenvalue weighted by atomic mass is 32.1. The molecule has 1 aromatic heterocycles. The zero-order chi connectivity index (χ0) is 12.4. The molecule has 0 N–H and O–H groups in total. The van der Waals surface area contributed by atoms with Crippen molar-refractivity contribution in [1.29, 1.82) is 0 Å². The zero-order valence-corrected chi connectivity index (χ0v) is 11.0. The lowest BCUT2D eigenvalue weighted by Crippen LogP contribution is -2.44. The molecule has 1 saturated heterocycles. The first-order valence-electron chi connectivity index (χ1n) is 5.98. The lowest BCUT2D eigenvalue weighted by molar-refractivity contribution is -0.125. The number of carbonyl (C=O) groups is 2. The summed E-state index contributed by atoms with van der Waals surface area (Å²) >= 11 is 1.55. The van der Waals surface area contributed by atoms with E-state index in [0.717, 1.165) is 17.5 Å². The Morgan fingerprint density at radius 3 is 2.88 bits per heavy atom. The first-order valence-corrected chi connectivity index (χ1v) is 6.92. The van der Waals surface area contributed by atoms with Gasteiger partial charge in [-0.05, 0) is 24.3 Å². The number of carbonyl (C=O) groups excluding carboxylic acids is 2. The van der Waals surface area contributed by atoms with Crippen molar-refractivity contribution < 1.29 is 9.59 Å². The molecule has 0 aliphatic carbocycles. The van der Waals surface area contributed by atoms with Crippen molar-refractivity contribution in [3.05, 3.63) is 21.9 Å². The molecule has 0 radical (unpaired) electrons. The van der Waals surface area contributed by atoms with Crippen molar-refractivity contribution in [2.45, 2.75) is 26.7 Å². The quantitative estimate of drug-likeness (QED) is 0.810. The maximum absolute atomic E-state index is 12.3. The highest BCUT2D eigenvalue weighted by molar-refractivity contribution is 7.08. The van der Waals surface area contributed by atoms with Crippen LogP contribution in [0.25, 0.3) is 0 Å². The number of hydrogen-bond donors (Lipinski definition) is 0. The monoisotopic (exact) mass is 251 g/mol. The Morgan fingerprint density at radius 1 is 1.53 bits per heavy atom. The van der Waals surface area contributed by atoms with E-state index in [-0.39, 0.29) is 11.8 Å². The van der Waals surface area contributed by atoms with Gasteiger partial charge in [0.25, 0.3) is 5.91 Å². The molecule has 0 aromatic carbocycles. The second-order valence-electron chi connectivity index (χ2n) is 4.54. The molecule has 1 unspecified atom stereocenters. The Morgan fingerprint density at radius 2 is 2.29 bits per heavy atom. The zero-order valence-electron chi connectivity index (χ0n) is 10.2. The number of ketones is 1. The van der Waals surface area contributed by atoms with E-state index in [2.05, 4.69) is 0 Å². The summed E-state index contributed by atoms with van der Waals surface area (Å²) in [7, 11) is 0. The standard InChI is InChI=1S/C13H17NO2S/c1-3-10-6-14(5-4-12(10)15)13(16)11-8-17-7-9(11)2/h7-8,10H,3-6H2,1-2H3. The van der Waals surface area contributed by atoms with Crippen molar-refractivity contribution in [3.8, 4) is 0 Å². The molecule has 1 fully saturated rings. The molecule has 2 heterocycles. The third-order valence-electron chi connectivity index (χ3n) is 3.39. The van der Waals surface area contributed by atoms with Crippen LogP contribution in [-0.2, 0) is 4.79 Å². The van der Waals surface area contributed by atoms with E-state index in [1.54, 1.807) is 11.3 Å². The third-order valence-corrected chi connectivity index (χ3v) is 4.25. The number of nitrogens with zero attached hydrogens (tertiary/aromatic N) is 1.